The largest absolute Gasteiger partial charge is 0.309 e. The topological polar surface area (TPSA) is 46.2 Å². The number of hydrogen-bond donors (Lipinski definition) is 1. The highest BCUT2D eigenvalue weighted by atomic mass is 32.2. The van der Waals surface area contributed by atoms with Gasteiger partial charge in [0.15, 0.2) is 9.84 Å². The Kier molecular flexibility index (Phi) is 4.08. The van der Waals surface area contributed by atoms with Crippen LogP contribution in [-0.2, 0) is 16.4 Å². The first-order valence-corrected chi connectivity index (χ1v) is 9.03. The highest BCUT2D eigenvalue weighted by Crippen LogP contribution is 2.19. The molecule has 1 fully saturated rings. The first-order chi connectivity index (χ1) is 10.1. The lowest BCUT2D eigenvalue weighted by Crippen LogP contribution is -2.29. The molecule has 4 heteroatoms. The van der Waals surface area contributed by atoms with Gasteiger partial charge in [-0.15, -0.1) is 0 Å². The maximum atomic E-state index is 11.4. The molecule has 0 aliphatic carbocycles. The third-order valence-corrected chi connectivity index (χ3v) is 5.66. The van der Waals surface area contributed by atoms with E-state index in [9.17, 15) is 8.42 Å². The van der Waals surface area contributed by atoms with Gasteiger partial charge in [-0.25, -0.2) is 8.42 Å². The Morgan fingerprint density at radius 2 is 1.62 bits per heavy atom. The van der Waals surface area contributed by atoms with E-state index in [1.807, 2.05) is 18.2 Å². The Bertz CT molecular complexity index is 693. The molecule has 3 rings (SSSR count). The van der Waals surface area contributed by atoms with Gasteiger partial charge in [0.25, 0.3) is 0 Å². The van der Waals surface area contributed by atoms with E-state index < -0.39 is 9.84 Å². The van der Waals surface area contributed by atoms with Gasteiger partial charge in [0.1, 0.15) is 0 Å². The zero-order valence-electron chi connectivity index (χ0n) is 11.8. The van der Waals surface area contributed by atoms with E-state index >= 15 is 0 Å². The van der Waals surface area contributed by atoms with Crippen molar-refractivity contribution < 1.29 is 8.42 Å². The van der Waals surface area contributed by atoms with E-state index in [0.29, 0.717) is 5.75 Å². The molecule has 110 valence electrons. The molecule has 3 nitrogen and oxygen atoms in total. The van der Waals surface area contributed by atoms with Crippen molar-refractivity contribution in [2.24, 2.45) is 0 Å². The third kappa shape index (κ3) is 3.71. The molecule has 1 heterocycles. The van der Waals surface area contributed by atoms with Crippen LogP contribution in [0.3, 0.4) is 0 Å². The Morgan fingerprint density at radius 3 is 2.24 bits per heavy atom. The number of sulfone groups is 1. The van der Waals surface area contributed by atoms with Crippen LogP contribution in [0.15, 0.2) is 54.6 Å². The average molecular weight is 301 g/mol. The van der Waals surface area contributed by atoms with Gasteiger partial charge in [0.2, 0.25) is 0 Å². The molecule has 0 amide bonds. The second-order valence-electron chi connectivity index (χ2n) is 5.54. The minimum absolute atomic E-state index is 0.101. The van der Waals surface area contributed by atoms with Crippen molar-refractivity contribution in [1.82, 2.24) is 5.32 Å². The minimum Gasteiger partial charge on any atom is -0.309 e. The summed E-state index contributed by atoms with van der Waals surface area (Å²) in [5.41, 5.74) is 3.58. The fourth-order valence-corrected chi connectivity index (χ4v) is 4.37. The summed E-state index contributed by atoms with van der Waals surface area (Å²) in [6.07, 6.45) is 0.727. The zero-order valence-corrected chi connectivity index (χ0v) is 12.6. The second-order valence-corrected chi connectivity index (χ2v) is 7.77. The Labute approximate surface area is 125 Å². The predicted octanol–water partition coefficient (Wildman–Crippen LogP) is 2.63. The van der Waals surface area contributed by atoms with Crippen molar-refractivity contribution in [2.75, 3.05) is 11.5 Å². The van der Waals surface area contributed by atoms with Crippen LogP contribution in [-0.4, -0.2) is 26.0 Å². The van der Waals surface area contributed by atoms with E-state index in [0.717, 1.165) is 13.0 Å². The van der Waals surface area contributed by atoms with Crippen LogP contribution in [0.4, 0.5) is 0 Å². The van der Waals surface area contributed by atoms with Crippen molar-refractivity contribution in [3.8, 4) is 11.1 Å². The molecule has 0 aromatic heterocycles. The normalized spacial score (nSPS) is 20.5. The standard InChI is InChI=1S/C17H19NO2S/c19-21(20)11-10-17(13-21)18-12-14-6-8-16(9-7-14)15-4-2-1-3-5-15/h1-9,17-18H,10-13H2. The molecule has 1 unspecified atom stereocenters. The fourth-order valence-electron chi connectivity index (χ4n) is 2.66. The van der Waals surface area contributed by atoms with Crippen LogP contribution < -0.4 is 5.32 Å². The average Bonchev–Trinajstić information content (AvgIpc) is 2.86. The van der Waals surface area contributed by atoms with E-state index in [-0.39, 0.29) is 11.8 Å². The summed E-state index contributed by atoms with van der Waals surface area (Å²) in [4.78, 5) is 0. The third-order valence-electron chi connectivity index (χ3n) is 3.89. The lowest BCUT2D eigenvalue weighted by molar-refractivity contribution is 0.554. The van der Waals surface area contributed by atoms with Crippen LogP contribution >= 0.6 is 0 Å². The SMILES string of the molecule is O=S1(=O)CCC(NCc2ccc(-c3ccccc3)cc2)C1. The molecule has 1 N–H and O–H groups in total. The summed E-state index contributed by atoms with van der Waals surface area (Å²) < 4.78 is 22.8. The molecule has 0 bridgehead atoms. The predicted molar refractivity (Wildman–Crippen MR) is 85.8 cm³/mol. The molecule has 1 aliphatic heterocycles. The first-order valence-electron chi connectivity index (χ1n) is 7.21. The summed E-state index contributed by atoms with van der Waals surface area (Å²) >= 11 is 0. The van der Waals surface area contributed by atoms with E-state index in [1.54, 1.807) is 0 Å². The summed E-state index contributed by atoms with van der Waals surface area (Å²) in [6.45, 7) is 0.718. The van der Waals surface area contributed by atoms with Gasteiger partial charge in [-0.2, -0.15) is 0 Å². The fraction of sp³-hybridized carbons (Fsp3) is 0.294. The Morgan fingerprint density at radius 1 is 0.952 bits per heavy atom. The Balaban J connectivity index is 1.60. The van der Waals surface area contributed by atoms with Gasteiger partial charge in [-0.1, -0.05) is 54.6 Å². The molecule has 2 aromatic carbocycles. The minimum atomic E-state index is -2.81. The summed E-state index contributed by atoms with van der Waals surface area (Å²) in [6, 6.07) is 18.8. The monoisotopic (exact) mass is 301 g/mol. The van der Waals surface area contributed by atoms with Crippen LogP contribution in [0.25, 0.3) is 11.1 Å². The number of hydrogen-bond acceptors (Lipinski definition) is 3. The van der Waals surface area contributed by atoms with Crippen molar-refractivity contribution in [3.05, 3.63) is 60.2 Å². The summed E-state index contributed by atoms with van der Waals surface area (Å²) in [5.74, 6) is 0.590. The van der Waals surface area contributed by atoms with Crippen molar-refractivity contribution in [3.63, 3.8) is 0 Å². The van der Waals surface area contributed by atoms with Crippen molar-refractivity contribution in [2.45, 2.75) is 19.0 Å². The van der Waals surface area contributed by atoms with Crippen LogP contribution in [0.2, 0.25) is 0 Å². The second kappa shape index (κ2) is 6.00. The van der Waals surface area contributed by atoms with Crippen LogP contribution in [0.5, 0.6) is 0 Å². The molecule has 0 saturated carbocycles. The molecular weight excluding hydrogens is 282 g/mol. The maximum absolute atomic E-state index is 11.4. The van der Waals surface area contributed by atoms with E-state index in [2.05, 4.69) is 41.7 Å². The smallest absolute Gasteiger partial charge is 0.151 e. The van der Waals surface area contributed by atoms with Crippen molar-refractivity contribution >= 4 is 9.84 Å². The maximum Gasteiger partial charge on any atom is 0.151 e. The van der Waals surface area contributed by atoms with E-state index in [1.165, 1.54) is 16.7 Å². The first kappa shape index (κ1) is 14.3. The molecule has 0 spiro atoms. The molecule has 0 radical (unpaired) electrons. The summed E-state index contributed by atoms with van der Waals surface area (Å²) in [7, 11) is -2.81. The van der Waals surface area contributed by atoms with Gasteiger partial charge in [0, 0.05) is 12.6 Å². The van der Waals surface area contributed by atoms with Crippen LogP contribution in [0.1, 0.15) is 12.0 Å². The van der Waals surface area contributed by atoms with Gasteiger partial charge in [-0.3, -0.25) is 0 Å². The highest BCUT2D eigenvalue weighted by molar-refractivity contribution is 7.91. The Hall–Kier alpha value is -1.65. The van der Waals surface area contributed by atoms with Gasteiger partial charge < -0.3 is 5.32 Å². The number of nitrogens with one attached hydrogen (secondary N) is 1. The lowest BCUT2D eigenvalue weighted by atomic mass is 10.0. The van der Waals surface area contributed by atoms with Gasteiger partial charge in [-0.05, 0) is 23.1 Å². The van der Waals surface area contributed by atoms with Gasteiger partial charge >= 0.3 is 0 Å². The van der Waals surface area contributed by atoms with E-state index in [4.69, 9.17) is 0 Å². The van der Waals surface area contributed by atoms with Gasteiger partial charge in [0.05, 0.1) is 11.5 Å². The number of rotatable bonds is 4. The molecule has 21 heavy (non-hydrogen) atoms. The molecular formula is C17H19NO2S. The highest BCUT2D eigenvalue weighted by Gasteiger charge is 2.27. The zero-order chi connectivity index (χ0) is 14.7. The molecule has 2 aromatic rings. The summed E-state index contributed by atoms with van der Waals surface area (Å²) in [5, 5.41) is 3.33. The lowest BCUT2D eigenvalue weighted by Gasteiger charge is -2.11. The van der Waals surface area contributed by atoms with Crippen molar-refractivity contribution in [1.29, 1.82) is 0 Å². The molecule has 1 atom stereocenters. The number of benzene rings is 2. The molecule has 1 aliphatic rings. The van der Waals surface area contributed by atoms with Crippen LogP contribution in [0, 0.1) is 0 Å². The quantitative estimate of drug-likeness (QED) is 0.944. The molecule has 1 saturated heterocycles.